The highest BCUT2D eigenvalue weighted by atomic mass is 15.3. The molecule has 0 bridgehead atoms. The van der Waals surface area contributed by atoms with Gasteiger partial charge in [-0.05, 0) is 37.0 Å². The fourth-order valence-corrected chi connectivity index (χ4v) is 2.18. The fourth-order valence-electron chi connectivity index (χ4n) is 2.18. The van der Waals surface area contributed by atoms with E-state index in [0.29, 0.717) is 5.92 Å². The summed E-state index contributed by atoms with van der Waals surface area (Å²) in [5.41, 5.74) is 8.89. The third kappa shape index (κ3) is 3.50. The van der Waals surface area contributed by atoms with Crippen LogP contribution >= 0.6 is 0 Å². The normalized spacial score (nSPS) is 12.4. The van der Waals surface area contributed by atoms with Crippen molar-refractivity contribution in [3.05, 3.63) is 41.6 Å². The molecule has 3 N–H and O–H groups in total. The Morgan fingerprint density at radius 2 is 2.00 bits per heavy atom. The average Bonchev–Trinajstić information content (AvgIpc) is 2.68. The van der Waals surface area contributed by atoms with Gasteiger partial charge < -0.3 is 11.1 Å². The topological polar surface area (TPSA) is 55.9 Å². The summed E-state index contributed by atoms with van der Waals surface area (Å²) in [5.74, 6) is 1.59. The van der Waals surface area contributed by atoms with Gasteiger partial charge in [-0.2, -0.15) is 5.10 Å². The van der Waals surface area contributed by atoms with Gasteiger partial charge in [-0.1, -0.05) is 19.1 Å². The molecule has 0 aliphatic rings. The number of nitrogens with two attached hydrogens (primary N) is 1. The number of aryl methyl sites for hydroxylation is 2. The van der Waals surface area contributed by atoms with Crippen molar-refractivity contribution in [3.8, 4) is 0 Å². The van der Waals surface area contributed by atoms with Crippen LogP contribution in [0, 0.1) is 6.92 Å². The Morgan fingerprint density at radius 1 is 1.32 bits per heavy atom. The largest absolute Gasteiger partial charge is 0.399 e. The summed E-state index contributed by atoms with van der Waals surface area (Å²) in [6.45, 7) is 5.17. The van der Waals surface area contributed by atoms with Crippen molar-refractivity contribution in [2.24, 2.45) is 7.05 Å². The summed E-state index contributed by atoms with van der Waals surface area (Å²) < 4.78 is 1.88. The molecule has 2 aromatic rings. The van der Waals surface area contributed by atoms with Gasteiger partial charge in [0, 0.05) is 25.3 Å². The fraction of sp³-hybridized carbons (Fsp3) is 0.400. The molecule has 102 valence electrons. The Morgan fingerprint density at radius 3 is 2.58 bits per heavy atom. The number of aromatic nitrogens is 2. The van der Waals surface area contributed by atoms with E-state index in [-0.39, 0.29) is 0 Å². The van der Waals surface area contributed by atoms with Crippen LogP contribution in [0.4, 0.5) is 11.5 Å². The number of nitrogens with zero attached hydrogens (tertiary/aromatic N) is 2. The van der Waals surface area contributed by atoms with Gasteiger partial charge >= 0.3 is 0 Å². The van der Waals surface area contributed by atoms with Crippen LogP contribution in [0.3, 0.4) is 0 Å². The maximum atomic E-state index is 5.70. The predicted molar refractivity (Wildman–Crippen MR) is 80.3 cm³/mol. The van der Waals surface area contributed by atoms with Crippen molar-refractivity contribution >= 4 is 11.5 Å². The van der Waals surface area contributed by atoms with E-state index >= 15 is 0 Å². The first-order chi connectivity index (χ1) is 9.06. The lowest BCUT2D eigenvalue weighted by Crippen LogP contribution is -2.09. The molecule has 0 spiro atoms. The second-order valence-corrected chi connectivity index (χ2v) is 5.08. The van der Waals surface area contributed by atoms with Crippen LogP contribution < -0.4 is 11.1 Å². The molecule has 1 atom stereocenters. The van der Waals surface area contributed by atoms with Gasteiger partial charge in [0.25, 0.3) is 0 Å². The zero-order chi connectivity index (χ0) is 13.8. The highest BCUT2D eigenvalue weighted by Crippen LogP contribution is 2.20. The van der Waals surface area contributed by atoms with Gasteiger partial charge in [0.2, 0.25) is 0 Å². The van der Waals surface area contributed by atoms with Crippen molar-refractivity contribution < 1.29 is 0 Å². The number of nitrogen functional groups attached to an aromatic ring is 1. The molecule has 4 heteroatoms. The molecule has 0 aliphatic heterocycles. The monoisotopic (exact) mass is 258 g/mol. The number of rotatable bonds is 5. The first kappa shape index (κ1) is 13.5. The Bertz CT molecular complexity index is 528. The highest BCUT2D eigenvalue weighted by Gasteiger charge is 2.06. The first-order valence-electron chi connectivity index (χ1n) is 6.66. The third-order valence-corrected chi connectivity index (χ3v) is 3.39. The van der Waals surface area contributed by atoms with Crippen LogP contribution in [0.15, 0.2) is 30.3 Å². The molecule has 0 aliphatic carbocycles. The Kier molecular flexibility index (Phi) is 4.10. The van der Waals surface area contributed by atoms with E-state index in [1.54, 1.807) is 0 Å². The lowest BCUT2D eigenvalue weighted by atomic mass is 9.98. The summed E-state index contributed by atoms with van der Waals surface area (Å²) in [5, 5.41) is 7.74. The summed E-state index contributed by atoms with van der Waals surface area (Å²) >= 11 is 0. The number of anilines is 2. The summed E-state index contributed by atoms with van der Waals surface area (Å²) in [7, 11) is 1.96. The number of nitrogens with one attached hydrogen (secondary N) is 1. The molecule has 0 amide bonds. The highest BCUT2D eigenvalue weighted by molar-refractivity contribution is 5.40. The van der Waals surface area contributed by atoms with E-state index in [4.69, 9.17) is 5.73 Å². The molecule has 0 saturated heterocycles. The maximum absolute atomic E-state index is 5.70. The minimum atomic E-state index is 0.516. The van der Waals surface area contributed by atoms with Gasteiger partial charge in [-0.3, -0.25) is 4.68 Å². The van der Waals surface area contributed by atoms with Crippen LogP contribution in [0.25, 0.3) is 0 Å². The molecule has 19 heavy (non-hydrogen) atoms. The van der Waals surface area contributed by atoms with Crippen LogP contribution in [0.2, 0.25) is 0 Å². The molecule has 1 aromatic carbocycles. The van der Waals surface area contributed by atoms with Gasteiger partial charge in [-0.15, -0.1) is 0 Å². The van der Waals surface area contributed by atoms with E-state index in [9.17, 15) is 0 Å². The molecule has 0 radical (unpaired) electrons. The smallest absolute Gasteiger partial charge is 0.124 e. The van der Waals surface area contributed by atoms with Crippen molar-refractivity contribution in [3.63, 3.8) is 0 Å². The molecular weight excluding hydrogens is 236 g/mol. The Labute approximate surface area is 114 Å². The molecule has 4 nitrogen and oxygen atoms in total. The minimum Gasteiger partial charge on any atom is -0.399 e. The van der Waals surface area contributed by atoms with E-state index in [0.717, 1.165) is 30.2 Å². The summed E-state index contributed by atoms with van der Waals surface area (Å²) in [4.78, 5) is 0. The van der Waals surface area contributed by atoms with Gasteiger partial charge in [0.1, 0.15) is 5.82 Å². The Balaban J connectivity index is 1.85. The van der Waals surface area contributed by atoms with Gasteiger partial charge in [0.05, 0.1) is 5.69 Å². The average molecular weight is 258 g/mol. The second kappa shape index (κ2) is 5.78. The van der Waals surface area contributed by atoms with Gasteiger partial charge in [0.15, 0.2) is 0 Å². The lowest BCUT2D eigenvalue weighted by molar-refractivity contribution is 0.695. The SMILES string of the molecule is Cc1cc(NCCC(C)c2ccc(N)cc2)n(C)n1. The molecule has 0 fully saturated rings. The maximum Gasteiger partial charge on any atom is 0.124 e. The molecule has 0 saturated carbocycles. The minimum absolute atomic E-state index is 0.516. The van der Waals surface area contributed by atoms with E-state index < -0.39 is 0 Å². The molecule has 1 unspecified atom stereocenters. The van der Waals surface area contributed by atoms with Crippen molar-refractivity contribution in [1.82, 2.24) is 9.78 Å². The van der Waals surface area contributed by atoms with E-state index in [1.807, 2.05) is 30.8 Å². The standard InChI is InChI=1S/C15H22N4/c1-11(13-4-6-14(16)7-5-13)8-9-17-15-10-12(2)18-19(15)3/h4-7,10-11,17H,8-9,16H2,1-3H3. The van der Waals surface area contributed by atoms with Gasteiger partial charge in [-0.25, -0.2) is 0 Å². The lowest BCUT2D eigenvalue weighted by Gasteiger charge is -2.13. The predicted octanol–water partition coefficient (Wildman–Crippen LogP) is 2.92. The zero-order valence-corrected chi connectivity index (χ0v) is 11.9. The van der Waals surface area contributed by atoms with Crippen LogP contribution in [-0.4, -0.2) is 16.3 Å². The quantitative estimate of drug-likeness (QED) is 0.811. The molecule has 2 rings (SSSR count). The summed E-state index contributed by atoms with van der Waals surface area (Å²) in [6, 6.07) is 10.2. The van der Waals surface area contributed by atoms with Crippen molar-refractivity contribution in [2.75, 3.05) is 17.6 Å². The molecular formula is C15H22N4. The van der Waals surface area contributed by atoms with Crippen LogP contribution in [0.1, 0.15) is 30.5 Å². The zero-order valence-electron chi connectivity index (χ0n) is 11.9. The van der Waals surface area contributed by atoms with Crippen molar-refractivity contribution in [1.29, 1.82) is 0 Å². The second-order valence-electron chi connectivity index (χ2n) is 5.08. The first-order valence-corrected chi connectivity index (χ1v) is 6.66. The number of hydrogen-bond acceptors (Lipinski definition) is 3. The molecule has 1 heterocycles. The summed E-state index contributed by atoms with van der Waals surface area (Å²) in [6.07, 6.45) is 1.08. The van der Waals surface area contributed by atoms with E-state index in [1.165, 1.54) is 5.56 Å². The molecule has 1 aromatic heterocycles. The van der Waals surface area contributed by atoms with E-state index in [2.05, 4.69) is 35.5 Å². The van der Waals surface area contributed by atoms with Crippen LogP contribution in [-0.2, 0) is 7.05 Å². The van der Waals surface area contributed by atoms with Crippen LogP contribution in [0.5, 0.6) is 0 Å². The Hall–Kier alpha value is -1.97. The number of hydrogen-bond donors (Lipinski definition) is 2. The third-order valence-electron chi connectivity index (χ3n) is 3.39. The van der Waals surface area contributed by atoms with Crippen molar-refractivity contribution in [2.45, 2.75) is 26.2 Å². The number of benzene rings is 1.